The van der Waals surface area contributed by atoms with Crippen molar-refractivity contribution >= 4 is 34.1 Å². The quantitative estimate of drug-likeness (QED) is 0.466. The third kappa shape index (κ3) is 5.38. The third-order valence-corrected chi connectivity index (χ3v) is 6.51. The lowest BCUT2D eigenvalue weighted by Crippen LogP contribution is -2.42. The van der Waals surface area contributed by atoms with Crippen LogP contribution in [-0.2, 0) is 0 Å². The second kappa shape index (κ2) is 9.69. The number of pyridine rings is 1. The molecule has 3 N–H and O–H groups in total. The van der Waals surface area contributed by atoms with Gasteiger partial charge in [-0.3, -0.25) is 0 Å². The van der Waals surface area contributed by atoms with E-state index in [-0.39, 0.29) is 12.1 Å². The summed E-state index contributed by atoms with van der Waals surface area (Å²) in [5, 5.41) is 11.0. The molecule has 3 aromatic rings. The monoisotopic (exact) mass is 445 g/mol. The van der Waals surface area contributed by atoms with Gasteiger partial charge in [0, 0.05) is 49.0 Å². The number of nitrogens with one attached hydrogen (secondary N) is 3. The van der Waals surface area contributed by atoms with E-state index in [0.29, 0.717) is 6.04 Å². The fraction of sp³-hybridized carbons (Fsp3) is 0.407. The summed E-state index contributed by atoms with van der Waals surface area (Å²) in [7, 11) is 4.13. The maximum atomic E-state index is 12.6. The Morgan fingerprint density at radius 2 is 1.58 bits per heavy atom. The molecule has 0 bridgehead atoms. The van der Waals surface area contributed by atoms with Crippen LogP contribution in [-0.4, -0.2) is 37.2 Å². The summed E-state index contributed by atoms with van der Waals surface area (Å²) in [5.41, 5.74) is 6.47. The van der Waals surface area contributed by atoms with Crippen LogP contribution in [0.5, 0.6) is 0 Å². The summed E-state index contributed by atoms with van der Waals surface area (Å²) in [6, 6.07) is 15.0. The van der Waals surface area contributed by atoms with Gasteiger partial charge >= 0.3 is 6.03 Å². The molecule has 1 fully saturated rings. The summed E-state index contributed by atoms with van der Waals surface area (Å²) in [5.74, 6) is 0.914. The van der Waals surface area contributed by atoms with Crippen LogP contribution in [0.25, 0.3) is 10.9 Å². The Balaban J connectivity index is 1.34. The molecule has 0 saturated heterocycles. The van der Waals surface area contributed by atoms with Gasteiger partial charge in [0.1, 0.15) is 5.82 Å². The van der Waals surface area contributed by atoms with Crippen molar-refractivity contribution in [2.75, 3.05) is 29.6 Å². The molecule has 6 nitrogen and oxygen atoms in total. The predicted octanol–water partition coefficient (Wildman–Crippen LogP) is 5.77. The minimum atomic E-state index is -0.117. The molecule has 1 aliphatic carbocycles. The number of fused-ring (bicyclic) bond motifs is 1. The number of benzene rings is 2. The fourth-order valence-corrected chi connectivity index (χ4v) is 4.90. The zero-order valence-corrected chi connectivity index (χ0v) is 20.3. The highest BCUT2D eigenvalue weighted by molar-refractivity contribution is 5.93. The summed E-state index contributed by atoms with van der Waals surface area (Å²) in [6.45, 7) is 6.15. The number of aryl methyl sites for hydroxylation is 3. The van der Waals surface area contributed by atoms with Gasteiger partial charge in [-0.25, -0.2) is 9.78 Å². The zero-order chi connectivity index (χ0) is 23.5. The SMILES string of the molecule is Cc1cc(C)c(NC(=O)NC2CCC(Nc3cc(N(C)C)c4ccccc4n3)CC2)c(C)c1. The largest absolute Gasteiger partial charge is 0.377 e. The third-order valence-electron chi connectivity index (χ3n) is 6.51. The van der Waals surface area contributed by atoms with Gasteiger partial charge in [0.2, 0.25) is 0 Å². The highest BCUT2D eigenvalue weighted by atomic mass is 16.2. The van der Waals surface area contributed by atoms with Gasteiger partial charge in [-0.15, -0.1) is 0 Å². The van der Waals surface area contributed by atoms with E-state index in [1.165, 1.54) is 5.56 Å². The molecule has 6 heteroatoms. The first-order chi connectivity index (χ1) is 15.8. The molecule has 174 valence electrons. The van der Waals surface area contributed by atoms with Gasteiger partial charge in [-0.05, 0) is 63.6 Å². The number of para-hydroxylation sites is 1. The van der Waals surface area contributed by atoms with E-state index in [0.717, 1.165) is 64.9 Å². The van der Waals surface area contributed by atoms with Crippen LogP contribution in [0.2, 0.25) is 0 Å². The van der Waals surface area contributed by atoms with E-state index in [1.54, 1.807) is 0 Å². The standard InChI is InChI=1S/C27H35N5O/c1-17-14-18(2)26(19(3)15-17)31-27(33)29-21-12-10-20(11-13-21)28-25-16-24(32(4)5)22-8-6-7-9-23(22)30-25/h6-9,14-16,20-21H,10-13H2,1-5H3,(H,28,30)(H2,29,31,33). The Kier molecular flexibility index (Phi) is 6.72. The van der Waals surface area contributed by atoms with Crippen LogP contribution in [0.4, 0.5) is 22.0 Å². The number of anilines is 3. The molecule has 4 rings (SSSR count). The van der Waals surface area contributed by atoms with Crippen molar-refractivity contribution in [2.24, 2.45) is 0 Å². The smallest absolute Gasteiger partial charge is 0.319 e. The topological polar surface area (TPSA) is 69.3 Å². The van der Waals surface area contributed by atoms with Gasteiger partial charge in [0.25, 0.3) is 0 Å². The lowest BCUT2D eigenvalue weighted by molar-refractivity contribution is 0.243. The molecule has 0 unspecified atom stereocenters. The number of amides is 2. The Hall–Kier alpha value is -3.28. The first kappa shape index (κ1) is 22.9. The van der Waals surface area contributed by atoms with Crippen molar-refractivity contribution in [1.82, 2.24) is 10.3 Å². The molecule has 1 aliphatic rings. The van der Waals surface area contributed by atoms with Crippen molar-refractivity contribution in [3.63, 3.8) is 0 Å². The first-order valence-electron chi connectivity index (χ1n) is 11.8. The Bertz CT molecular complexity index is 1130. The van der Waals surface area contributed by atoms with Crippen molar-refractivity contribution in [3.05, 3.63) is 59.2 Å². The van der Waals surface area contributed by atoms with Crippen LogP contribution < -0.4 is 20.9 Å². The number of hydrogen-bond donors (Lipinski definition) is 3. The summed E-state index contributed by atoms with van der Waals surface area (Å²) >= 11 is 0. The predicted molar refractivity (Wildman–Crippen MR) is 139 cm³/mol. The number of nitrogens with zero attached hydrogens (tertiary/aromatic N) is 2. The van der Waals surface area contributed by atoms with E-state index in [4.69, 9.17) is 4.98 Å². The molecular formula is C27H35N5O. The minimum absolute atomic E-state index is 0.117. The molecular weight excluding hydrogens is 410 g/mol. The van der Waals surface area contributed by atoms with E-state index >= 15 is 0 Å². The van der Waals surface area contributed by atoms with Gasteiger partial charge in [-0.2, -0.15) is 0 Å². The van der Waals surface area contributed by atoms with Crippen molar-refractivity contribution in [3.8, 4) is 0 Å². The average Bonchev–Trinajstić information content (AvgIpc) is 2.77. The fourth-order valence-electron chi connectivity index (χ4n) is 4.90. The van der Waals surface area contributed by atoms with Gasteiger partial charge in [0.05, 0.1) is 5.52 Å². The average molecular weight is 446 g/mol. The summed E-state index contributed by atoms with van der Waals surface area (Å²) < 4.78 is 0. The molecule has 0 spiro atoms. The van der Waals surface area contributed by atoms with Crippen molar-refractivity contribution in [1.29, 1.82) is 0 Å². The van der Waals surface area contributed by atoms with Gasteiger partial charge < -0.3 is 20.9 Å². The Morgan fingerprint density at radius 1 is 0.939 bits per heavy atom. The van der Waals surface area contributed by atoms with Crippen LogP contribution in [0.15, 0.2) is 42.5 Å². The molecule has 0 aliphatic heterocycles. The molecule has 1 saturated carbocycles. The second-order valence-corrected chi connectivity index (χ2v) is 9.50. The number of urea groups is 1. The molecule has 1 aromatic heterocycles. The number of carbonyl (C=O) groups is 1. The highest BCUT2D eigenvalue weighted by Crippen LogP contribution is 2.29. The normalized spacial score (nSPS) is 18.1. The zero-order valence-electron chi connectivity index (χ0n) is 20.3. The maximum absolute atomic E-state index is 12.6. The highest BCUT2D eigenvalue weighted by Gasteiger charge is 2.23. The minimum Gasteiger partial charge on any atom is -0.377 e. The molecule has 33 heavy (non-hydrogen) atoms. The van der Waals surface area contributed by atoms with E-state index < -0.39 is 0 Å². The number of rotatable bonds is 5. The van der Waals surface area contributed by atoms with Gasteiger partial charge in [0.15, 0.2) is 0 Å². The Labute approximate surface area is 196 Å². The number of aromatic nitrogens is 1. The van der Waals surface area contributed by atoms with Gasteiger partial charge in [-0.1, -0.05) is 35.9 Å². The lowest BCUT2D eigenvalue weighted by Gasteiger charge is -2.30. The Morgan fingerprint density at radius 3 is 2.24 bits per heavy atom. The molecule has 2 amide bonds. The van der Waals surface area contributed by atoms with E-state index in [2.05, 4.69) is 78.3 Å². The molecule has 2 aromatic carbocycles. The second-order valence-electron chi connectivity index (χ2n) is 9.50. The van der Waals surface area contributed by atoms with Crippen molar-refractivity contribution < 1.29 is 4.79 Å². The van der Waals surface area contributed by atoms with E-state index in [9.17, 15) is 4.79 Å². The first-order valence-corrected chi connectivity index (χ1v) is 11.8. The molecule has 0 atom stereocenters. The lowest BCUT2D eigenvalue weighted by atomic mass is 9.91. The summed E-state index contributed by atoms with van der Waals surface area (Å²) in [6.07, 6.45) is 3.90. The number of hydrogen-bond acceptors (Lipinski definition) is 4. The number of carbonyl (C=O) groups excluding carboxylic acids is 1. The van der Waals surface area contributed by atoms with Crippen LogP contribution in [0, 0.1) is 20.8 Å². The maximum Gasteiger partial charge on any atom is 0.319 e. The summed E-state index contributed by atoms with van der Waals surface area (Å²) in [4.78, 5) is 19.6. The van der Waals surface area contributed by atoms with Crippen LogP contribution >= 0.6 is 0 Å². The molecule has 1 heterocycles. The van der Waals surface area contributed by atoms with Crippen molar-refractivity contribution in [2.45, 2.75) is 58.5 Å². The van der Waals surface area contributed by atoms with Crippen LogP contribution in [0.1, 0.15) is 42.4 Å². The molecule has 0 radical (unpaired) electrons. The van der Waals surface area contributed by atoms with E-state index in [1.807, 2.05) is 19.9 Å². The van der Waals surface area contributed by atoms with Crippen LogP contribution in [0.3, 0.4) is 0 Å².